The highest BCUT2D eigenvalue weighted by molar-refractivity contribution is 8.00. The number of nitrogen functional groups attached to an aromatic ring is 1. The Morgan fingerprint density at radius 3 is 2.12 bits per heavy atom. The lowest BCUT2D eigenvalue weighted by atomic mass is 10.2. The maximum absolute atomic E-state index is 13.9. The molecule has 1 saturated heterocycles. The summed E-state index contributed by atoms with van der Waals surface area (Å²) in [6.07, 6.45) is -0.356. The predicted molar refractivity (Wildman–Crippen MR) is 83.9 cm³/mol. The van der Waals surface area contributed by atoms with E-state index < -0.39 is 46.0 Å². The summed E-state index contributed by atoms with van der Waals surface area (Å²) in [6.45, 7) is 0. The van der Waals surface area contributed by atoms with Crippen molar-refractivity contribution in [1.82, 2.24) is 0 Å². The summed E-state index contributed by atoms with van der Waals surface area (Å²) in [5, 5.41) is -0.971. The fraction of sp³-hybridized carbons (Fsp3) is 0.125. The standard InChI is InChI=1S/C16H10F4N2O2S/c17-9-5-10(18)14(20)15(13(9)19)22-12(23)6-11(16(22)24)25-8-3-1-7(21)2-4-8/h1-5,11H,6,21H2. The average molecular weight is 370 g/mol. The first-order valence-corrected chi connectivity index (χ1v) is 7.89. The molecule has 3 rings (SSSR count). The van der Waals surface area contributed by atoms with Crippen LogP contribution in [-0.2, 0) is 9.59 Å². The minimum Gasteiger partial charge on any atom is -0.399 e. The lowest BCUT2D eigenvalue weighted by Crippen LogP contribution is -2.33. The van der Waals surface area contributed by atoms with Gasteiger partial charge >= 0.3 is 0 Å². The highest BCUT2D eigenvalue weighted by Gasteiger charge is 2.43. The van der Waals surface area contributed by atoms with Crippen LogP contribution in [0.1, 0.15) is 6.42 Å². The number of benzene rings is 2. The first-order valence-electron chi connectivity index (χ1n) is 7.01. The molecule has 2 aromatic rings. The molecular formula is C16H10F4N2O2S. The van der Waals surface area contributed by atoms with E-state index in [0.29, 0.717) is 10.6 Å². The molecule has 2 N–H and O–H groups in total. The summed E-state index contributed by atoms with van der Waals surface area (Å²) in [5.74, 6) is -8.86. The Labute approximate surface area is 143 Å². The van der Waals surface area contributed by atoms with Gasteiger partial charge in [0.15, 0.2) is 23.3 Å². The summed E-state index contributed by atoms with van der Waals surface area (Å²) >= 11 is 0.990. The van der Waals surface area contributed by atoms with Gasteiger partial charge in [-0.2, -0.15) is 0 Å². The van der Waals surface area contributed by atoms with Crippen molar-refractivity contribution in [2.75, 3.05) is 10.6 Å². The Morgan fingerprint density at radius 2 is 1.56 bits per heavy atom. The molecule has 0 aliphatic carbocycles. The van der Waals surface area contributed by atoms with Crippen LogP contribution in [0.3, 0.4) is 0 Å². The zero-order chi connectivity index (χ0) is 18.3. The van der Waals surface area contributed by atoms with Gasteiger partial charge in [-0.3, -0.25) is 9.59 Å². The van der Waals surface area contributed by atoms with Crippen LogP contribution in [-0.4, -0.2) is 17.1 Å². The van der Waals surface area contributed by atoms with Gasteiger partial charge < -0.3 is 5.73 Å². The van der Waals surface area contributed by atoms with Crippen molar-refractivity contribution in [3.63, 3.8) is 0 Å². The number of carbonyl (C=O) groups excluding carboxylic acids is 2. The Balaban J connectivity index is 1.94. The Bertz CT molecular complexity index is 847. The lowest BCUT2D eigenvalue weighted by Gasteiger charge is -2.17. The van der Waals surface area contributed by atoms with E-state index in [0.717, 1.165) is 11.8 Å². The third-order valence-corrected chi connectivity index (χ3v) is 4.77. The maximum Gasteiger partial charge on any atom is 0.247 e. The zero-order valence-electron chi connectivity index (χ0n) is 12.4. The number of anilines is 2. The van der Waals surface area contributed by atoms with Gasteiger partial charge in [-0.15, -0.1) is 11.8 Å². The van der Waals surface area contributed by atoms with Crippen molar-refractivity contribution >= 4 is 35.0 Å². The Kier molecular flexibility index (Phi) is 4.42. The molecule has 2 aromatic carbocycles. The smallest absolute Gasteiger partial charge is 0.247 e. The third-order valence-electron chi connectivity index (χ3n) is 3.58. The number of rotatable bonds is 3. The van der Waals surface area contributed by atoms with Gasteiger partial charge in [0, 0.05) is 23.1 Å². The molecule has 1 aliphatic rings. The first-order chi connectivity index (χ1) is 11.8. The second-order valence-electron chi connectivity index (χ2n) is 5.26. The highest BCUT2D eigenvalue weighted by atomic mass is 32.2. The van der Waals surface area contributed by atoms with Crippen LogP contribution in [0.4, 0.5) is 28.9 Å². The van der Waals surface area contributed by atoms with E-state index >= 15 is 0 Å². The molecule has 0 radical (unpaired) electrons. The monoisotopic (exact) mass is 370 g/mol. The molecule has 1 heterocycles. The molecule has 4 nitrogen and oxygen atoms in total. The van der Waals surface area contributed by atoms with Crippen LogP contribution < -0.4 is 10.6 Å². The molecule has 1 atom stereocenters. The van der Waals surface area contributed by atoms with Crippen LogP contribution in [0.25, 0.3) is 0 Å². The fourth-order valence-electron chi connectivity index (χ4n) is 2.40. The topological polar surface area (TPSA) is 63.4 Å². The number of nitrogens with zero attached hydrogens (tertiary/aromatic N) is 1. The molecule has 25 heavy (non-hydrogen) atoms. The minimum atomic E-state index is -1.79. The van der Waals surface area contributed by atoms with E-state index in [2.05, 4.69) is 0 Å². The first kappa shape index (κ1) is 17.3. The second-order valence-corrected chi connectivity index (χ2v) is 6.54. The van der Waals surface area contributed by atoms with Crippen LogP contribution in [0.15, 0.2) is 35.2 Å². The van der Waals surface area contributed by atoms with E-state index in [4.69, 9.17) is 5.73 Å². The summed E-state index contributed by atoms with van der Waals surface area (Å²) in [7, 11) is 0. The van der Waals surface area contributed by atoms with Gasteiger partial charge in [-0.25, -0.2) is 22.5 Å². The third kappa shape index (κ3) is 3.07. The molecule has 2 amide bonds. The number of hydrogen-bond donors (Lipinski definition) is 1. The maximum atomic E-state index is 13.9. The fourth-order valence-corrected chi connectivity index (χ4v) is 3.45. The second kappa shape index (κ2) is 6.40. The zero-order valence-corrected chi connectivity index (χ0v) is 13.2. The molecule has 0 saturated carbocycles. The molecule has 0 bridgehead atoms. The number of hydrogen-bond acceptors (Lipinski definition) is 4. The van der Waals surface area contributed by atoms with Gasteiger partial charge in [0.05, 0.1) is 5.25 Å². The minimum absolute atomic E-state index is 0.0137. The summed E-state index contributed by atoms with van der Waals surface area (Å²) < 4.78 is 54.5. The Hall–Kier alpha value is -2.55. The van der Waals surface area contributed by atoms with Gasteiger partial charge in [0.1, 0.15) is 5.69 Å². The van der Waals surface area contributed by atoms with Crippen molar-refractivity contribution in [1.29, 1.82) is 0 Å². The summed E-state index contributed by atoms with van der Waals surface area (Å²) in [6, 6.07) is 6.41. The van der Waals surface area contributed by atoms with Crippen molar-refractivity contribution in [2.24, 2.45) is 0 Å². The molecule has 130 valence electrons. The number of halogens is 4. The molecule has 1 aliphatic heterocycles. The van der Waals surface area contributed by atoms with Crippen LogP contribution in [0.2, 0.25) is 0 Å². The summed E-state index contributed by atoms with van der Waals surface area (Å²) in [5.41, 5.74) is 4.72. The van der Waals surface area contributed by atoms with Gasteiger partial charge in [0.2, 0.25) is 11.8 Å². The molecule has 1 unspecified atom stereocenters. The van der Waals surface area contributed by atoms with Crippen molar-refractivity contribution in [3.8, 4) is 0 Å². The summed E-state index contributed by atoms with van der Waals surface area (Å²) in [4.78, 5) is 25.2. The normalized spacial score (nSPS) is 17.4. The van der Waals surface area contributed by atoms with E-state index in [1.54, 1.807) is 24.3 Å². The predicted octanol–water partition coefficient (Wildman–Crippen LogP) is 3.25. The van der Waals surface area contributed by atoms with E-state index in [1.807, 2.05) is 0 Å². The molecule has 0 aromatic heterocycles. The molecule has 1 fully saturated rings. The van der Waals surface area contributed by atoms with Crippen molar-refractivity contribution in [2.45, 2.75) is 16.6 Å². The van der Waals surface area contributed by atoms with Crippen molar-refractivity contribution < 1.29 is 27.2 Å². The quantitative estimate of drug-likeness (QED) is 0.390. The number of carbonyl (C=O) groups is 2. The van der Waals surface area contributed by atoms with Gasteiger partial charge in [-0.05, 0) is 24.3 Å². The number of amides is 2. The molecule has 9 heteroatoms. The number of nitrogens with two attached hydrogens (primary N) is 1. The van der Waals surface area contributed by atoms with Gasteiger partial charge in [0.25, 0.3) is 0 Å². The average Bonchev–Trinajstić information content (AvgIpc) is 2.83. The number of thioether (sulfide) groups is 1. The highest BCUT2D eigenvalue weighted by Crippen LogP contribution is 2.37. The largest absolute Gasteiger partial charge is 0.399 e. The van der Waals surface area contributed by atoms with Crippen LogP contribution in [0.5, 0.6) is 0 Å². The SMILES string of the molecule is Nc1ccc(SC2CC(=O)N(c3c(F)c(F)cc(F)c3F)C2=O)cc1. The Morgan fingerprint density at radius 1 is 1.00 bits per heavy atom. The molecular weight excluding hydrogens is 360 g/mol. The van der Waals surface area contributed by atoms with Crippen LogP contribution in [0, 0.1) is 23.3 Å². The van der Waals surface area contributed by atoms with Gasteiger partial charge in [-0.1, -0.05) is 0 Å². The van der Waals surface area contributed by atoms with Crippen molar-refractivity contribution in [3.05, 3.63) is 53.6 Å². The number of imide groups is 1. The molecule has 0 spiro atoms. The van der Waals surface area contributed by atoms with E-state index in [-0.39, 0.29) is 17.4 Å². The lowest BCUT2D eigenvalue weighted by molar-refractivity contribution is -0.121. The van der Waals surface area contributed by atoms with E-state index in [1.165, 1.54) is 0 Å². The van der Waals surface area contributed by atoms with Crippen LogP contribution >= 0.6 is 11.8 Å². The van der Waals surface area contributed by atoms with E-state index in [9.17, 15) is 27.2 Å².